The summed E-state index contributed by atoms with van der Waals surface area (Å²) >= 11 is 2.48. The fraction of sp³-hybridized carbons (Fsp3) is 0.421. The molecule has 2 aliphatic carbocycles. The first-order chi connectivity index (χ1) is 14.2. The summed E-state index contributed by atoms with van der Waals surface area (Å²) in [7, 11) is 0. The number of fused-ring (bicyclic) bond motifs is 1. The van der Waals surface area contributed by atoms with E-state index in [4.69, 9.17) is 15.0 Å². The number of hydrogen-bond acceptors (Lipinski definition) is 5. The number of thiophene rings is 1. The van der Waals surface area contributed by atoms with Crippen LogP contribution in [0.2, 0.25) is 0 Å². The predicted octanol–water partition coefficient (Wildman–Crippen LogP) is 6.04. The van der Waals surface area contributed by atoms with Gasteiger partial charge in [-0.15, -0.1) is 22.7 Å². The number of halogens is 3. The molecule has 0 saturated carbocycles. The van der Waals surface area contributed by atoms with Crippen molar-refractivity contribution in [2.75, 3.05) is 5.32 Å². The van der Waals surface area contributed by atoms with Gasteiger partial charge >= 0.3 is 12.3 Å². The number of alkyl halides is 3. The minimum atomic E-state index is -4.46. The molecule has 0 fully saturated rings. The van der Waals surface area contributed by atoms with Crippen LogP contribution in [0, 0.1) is 0 Å². The lowest BCUT2D eigenvalue weighted by Crippen LogP contribution is -2.13. The van der Waals surface area contributed by atoms with Crippen LogP contribution in [-0.2, 0) is 23.8 Å². The summed E-state index contributed by atoms with van der Waals surface area (Å²) in [6.07, 6.45) is 2.07. The highest BCUT2D eigenvalue weighted by Crippen LogP contribution is 2.46. The Morgan fingerprint density at radius 1 is 1.10 bits per heavy atom. The second-order valence-corrected chi connectivity index (χ2v) is 8.77. The van der Waals surface area contributed by atoms with Crippen LogP contribution in [0.3, 0.4) is 0 Å². The highest BCUT2D eigenvalue weighted by Gasteiger charge is 2.35. The zero-order chi connectivity index (χ0) is 21.9. The molecule has 6 nitrogen and oxygen atoms in total. The maximum absolute atomic E-state index is 13.0. The summed E-state index contributed by atoms with van der Waals surface area (Å²) in [5, 5.41) is 18.9. The Hall–Kier alpha value is -2.40. The third kappa shape index (κ3) is 5.20. The van der Waals surface area contributed by atoms with Crippen molar-refractivity contribution in [2.24, 2.45) is 0 Å². The summed E-state index contributed by atoms with van der Waals surface area (Å²) in [5.41, 5.74) is 1.64. The molecule has 0 spiro atoms. The molecule has 0 aromatic carbocycles. The third-order valence-corrected chi connectivity index (χ3v) is 6.81. The minimum Gasteiger partial charge on any atom is -0.450 e. The molecule has 1 amide bonds. The van der Waals surface area contributed by atoms with Crippen molar-refractivity contribution in [3.63, 3.8) is 0 Å². The molecule has 2 aliphatic rings. The maximum Gasteiger partial charge on any atom is 0.503 e. The molecule has 0 bridgehead atoms. The molecule has 2 aromatic heterocycles. The molecule has 2 heterocycles. The number of nitrogens with one attached hydrogen (secondary N) is 1. The molecule has 0 aliphatic heterocycles. The number of aryl methyl sites for hydroxylation is 1. The van der Waals surface area contributed by atoms with Crippen molar-refractivity contribution >= 4 is 39.7 Å². The van der Waals surface area contributed by atoms with Crippen LogP contribution in [0.5, 0.6) is 0 Å². The van der Waals surface area contributed by atoms with Crippen molar-refractivity contribution in [3.05, 3.63) is 33.2 Å². The normalized spacial score (nSPS) is 15.6. The number of anilines is 1. The quantitative estimate of drug-likeness (QED) is 0.519. The second kappa shape index (κ2) is 9.17. The number of rotatable bonds is 3. The van der Waals surface area contributed by atoms with Gasteiger partial charge in [0.2, 0.25) is 0 Å². The number of carbonyl (C=O) groups excluding carboxylic acids is 1. The minimum absolute atomic E-state index is 0.144. The zero-order valence-corrected chi connectivity index (χ0v) is 17.3. The summed E-state index contributed by atoms with van der Waals surface area (Å²) < 4.78 is 38.9. The van der Waals surface area contributed by atoms with Crippen LogP contribution >= 0.6 is 22.7 Å². The summed E-state index contributed by atoms with van der Waals surface area (Å²) in [4.78, 5) is 26.1. The smallest absolute Gasteiger partial charge is 0.450 e. The molecule has 162 valence electrons. The van der Waals surface area contributed by atoms with E-state index in [0.717, 1.165) is 77.7 Å². The molecule has 2 aromatic rings. The third-order valence-electron chi connectivity index (χ3n) is 4.74. The van der Waals surface area contributed by atoms with Crippen LogP contribution in [-0.4, -0.2) is 27.3 Å². The standard InChI is InChI=1S/C18H17F3N2OS2.CH2O3/c19-18(20,21)13-9-25-16(22-13)14-11-7-3-4-8-12(11)26-17(14)23-15(24)10-5-1-2-6-10;2-1(3)4/h5,9H,1-4,6-8H2,(H,23,24);(H2,2,3,4). The van der Waals surface area contributed by atoms with Crippen LogP contribution < -0.4 is 5.32 Å². The fourth-order valence-corrected chi connectivity index (χ4v) is 5.71. The van der Waals surface area contributed by atoms with Crippen molar-refractivity contribution in [2.45, 2.75) is 51.1 Å². The fourth-order valence-electron chi connectivity index (χ4n) is 3.46. The van der Waals surface area contributed by atoms with Gasteiger partial charge in [0.15, 0.2) is 5.69 Å². The first-order valence-corrected chi connectivity index (χ1v) is 11.0. The first-order valence-electron chi connectivity index (χ1n) is 9.26. The molecule has 0 radical (unpaired) electrons. The Balaban J connectivity index is 0.000000589. The highest BCUT2D eigenvalue weighted by atomic mass is 32.1. The Morgan fingerprint density at radius 3 is 2.40 bits per heavy atom. The lowest BCUT2D eigenvalue weighted by Gasteiger charge is -2.12. The number of aromatic nitrogens is 1. The van der Waals surface area contributed by atoms with Gasteiger partial charge in [-0.1, -0.05) is 6.08 Å². The molecule has 0 saturated heterocycles. The number of carboxylic acid groups (broad SMARTS) is 2. The second-order valence-electron chi connectivity index (χ2n) is 6.81. The van der Waals surface area contributed by atoms with E-state index in [2.05, 4.69) is 10.3 Å². The van der Waals surface area contributed by atoms with Gasteiger partial charge in [-0.2, -0.15) is 13.2 Å². The Kier molecular flexibility index (Phi) is 6.81. The van der Waals surface area contributed by atoms with Gasteiger partial charge in [0.25, 0.3) is 5.91 Å². The van der Waals surface area contributed by atoms with E-state index in [1.54, 1.807) is 0 Å². The van der Waals surface area contributed by atoms with Crippen molar-refractivity contribution in [1.82, 2.24) is 4.98 Å². The molecule has 0 atom stereocenters. The molecular weight excluding hydrogens is 441 g/mol. The van der Waals surface area contributed by atoms with E-state index in [1.165, 1.54) is 11.3 Å². The predicted molar refractivity (Wildman–Crippen MR) is 108 cm³/mol. The van der Waals surface area contributed by atoms with E-state index < -0.39 is 18.0 Å². The average Bonchev–Trinajstić information content (AvgIpc) is 3.39. The lowest BCUT2D eigenvalue weighted by atomic mass is 9.95. The van der Waals surface area contributed by atoms with Gasteiger partial charge < -0.3 is 15.5 Å². The maximum atomic E-state index is 13.0. The first kappa shape index (κ1) is 22.3. The van der Waals surface area contributed by atoms with Crippen LogP contribution in [0.15, 0.2) is 17.0 Å². The van der Waals surface area contributed by atoms with E-state index in [9.17, 15) is 18.0 Å². The number of amides is 1. The van der Waals surface area contributed by atoms with E-state index in [0.29, 0.717) is 15.6 Å². The topological polar surface area (TPSA) is 99.5 Å². The summed E-state index contributed by atoms with van der Waals surface area (Å²) in [6.45, 7) is 0. The zero-order valence-electron chi connectivity index (χ0n) is 15.7. The van der Waals surface area contributed by atoms with Crippen LogP contribution in [0.25, 0.3) is 10.6 Å². The number of hydrogen-bond donors (Lipinski definition) is 3. The van der Waals surface area contributed by atoms with Crippen molar-refractivity contribution in [1.29, 1.82) is 0 Å². The number of carbonyl (C=O) groups is 2. The van der Waals surface area contributed by atoms with Crippen molar-refractivity contribution < 1.29 is 33.0 Å². The van der Waals surface area contributed by atoms with Gasteiger partial charge in [0.05, 0.1) is 0 Å². The average molecular weight is 460 g/mol. The Morgan fingerprint density at radius 2 is 1.80 bits per heavy atom. The number of nitrogens with zero attached hydrogens (tertiary/aromatic N) is 1. The van der Waals surface area contributed by atoms with Gasteiger partial charge in [-0.05, 0) is 50.5 Å². The van der Waals surface area contributed by atoms with Crippen molar-refractivity contribution in [3.8, 4) is 10.6 Å². The Bertz CT molecular complexity index is 975. The summed E-state index contributed by atoms with van der Waals surface area (Å²) in [6, 6.07) is 0. The molecule has 11 heteroatoms. The molecular formula is C19H19F3N2O4S2. The largest absolute Gasteiger partial charge is 0.503 e. The monoisotopic (exact) mass is 460 g/mol. The molecule has 0 unspecified atom stereocenters. The van der Waals surface area contributed by atoms with Crippen LogP contribution in [0.4, 0.5) is 23.0 Å². The van der Waals surface area contributed by atoms with Crippen LogP contribution in [0.1, 0.15) is 48.2 Å². The van der Waals surface area contributed by atoms with E-state index in [1.807, 2.05) is 6.08 Å². The van der Waals surface area contributed by atoms with Gasteiger partial charge in [-0.3, -0.25) is 4.79 Å². The Labute approximate surface area is 178 Å². The van der Waals surface area contributed by atoms with Gasteiger partial charge in [0.1, 0.15) is 10.0 Å². The van der Waals surface area contributed by atoms with Gasteiger partial charge in [0, 0.05) is 21.4 Å². The number of allylic oxidation sites excluding steroid dienone is 1. The molecule has 4 rings (SSSR count). The van der Waals surface area contributed by atoms with E-state index >= 15 is 0 Å². The molecule has 3 N–H and O–H groups in total. The highest BCUT2D eigenvalue weighted by molar-refractivity contribution is 7.18. The summed E-state index contributed by atoms with van der Waals surface area (Å²) in [5.74, 6) is -0.144. The van der Waals surface area contributed by atoms with Gasteiger partial charge in [-0.25, -0.2) is 9.78 Å². The van der Waals surface area contributed by atoms with E-state index in [-0.39, 0.29) is 5.91 Å². The SMILES string of the molecule is O=C(Nc1sc2c(c1-c1nc(C(F)(F)F)cs1)CCCC2)C1=CCCC1.O=C(O)O. The lowest BCUT2D eigenvalue weighted by molar-refractivity contribution is -0.140. The number of thiazole rings is 1. The molecule has 30 heavy (non-hydrogen) atoms.